The summed E-state index contributed by atoms with van der Waals surface area (Å²) < 4.78 is 46.9. The van der Waals surface area contributed by atoms with Gasteiger partial charge in [-0.05, 0) is 22.0 Å². The third-order valence-electron chi connectivity index (χ3n) is 1.47. The number of hydrogen-bond acceptors (Lipinski definition) is 4. The molecule has 0 amide bonds. The Morgan fingerprint density at radius 1 is 1.53 bits per heavy atom. The SMILES string of the molecule is Nc1cc(Br)nc(S(=O)(=O)Cl)c1C(F)F. The van der Waals surface area contributed by atoms with Crippen LogP contribution in [-0.2, 0) is 9.05 Å². The van der Waals surface area contributed by atoms with Crippen LogP contribution in [0.15, 0.2) is 15.7 Å². The molecule has 1 aromatic rings. The summed E-state index contributed by atoms with van der Waals surface area (Å²) in [5.41, 5.74) is 3.98. The van der Waals surface area contributed by atoms with Crippen molar-refractivity contribution >= 4 is 41.4 Å². The molecule has 0 saturated carbocycles. The lowest BCUT2D eigenvalue weighted by Crippen LogP contribution is -2.06. The lowest BCUT2D eigenvalue weighted by molar-refractivity contribution is 0.148. The Hall–Kier alpha value is -0.470. The molecule has 15 heavy (non-hydrogen) atoms. The van der Waals surface area contributed by atoms with Gasteiger partial charge in [0.2, 0.25) is 0 Å². The zero-order valence-electron chi connectivity index (χ0n) is 6.92. The monoisotopic (exact) mass is 320 g/mol. The third kappa shape index (κ3) is 2.76. The second kappa shape index (κ2) is 4.18. The summed E-state index contributed by atoms with van der Waals surface area (Å²) in [6.07, 6.45) is -3.06. The fourth-order valence-corrected chi connectivity index (χ4v) is 2.50. The van der Waals surface area contributed by atoms with Crippen molar-refractivity contribution in [3.63, 3.8) is 0 Å². The summed E-state index contributed by atoms with van der Waals surface area (Å²) in [6.45, 7) is 0. The van der Waals surface area contributed by atoms with E-state index in [1.54, 1.807) is 0 Å². The van der Waals surface area contributed by atoms with E-state index >= 15 is 0 Å². The molecule has 0 aliphatic heterocycles. The van der Waals surface area contributed by atoms with Crippen molar-refractivity contribution in [3.8, 4) is 0 Å². The summed E-state index contributed by atoms with van der Waals surface area (Å²) in [5.74, 6) is 0. The van der Waals surface area contributed by atoms with Crippen molar-refractivity contribution < 1.29 is 17.2 Å². The predicted molar refractivity (Wildman–Crippen MR) is 54.3 cm³/mol. The van der Waals surface area contributed by atoms with Gasteiger partial charge in [0.05, 0.1) is 5.56 Å². The Morgan fingerprint density at radius 3 is 2.47 bits per heavy atom. The number of pyridine rings is 1. The Morgan fingerprint density at radius 2 is 2.07 bits per heavy atom. The average molecular weight is 322 g/mol. The molecule has 1 rings (SSSR count). The zero-order valence-corrected chi connectivity index (χ0v) is 10.1. The number of rotatable bonds is 2. The van der Waals surface area contributed by atoms with Crippen molar-refractivity contribution in [3.05, 3.63) is 16.2 Å². The molecule has 0 radical (unpaired) electrons. The zero-order chi connectivity index (χ0) is 11.8. The summed E-state index contributed by atoms with van der Waals surface area (Å²) in [7, 11) is 0.599. The number of nitrogen functional groups attached to an aromatic ring is 1. The molecule has 0 aromatic carbocycles. The van der Waals surface area contributed by atoms with Crippen molar-refractivity contribution in [1.82, 2.24) is 4.98 Å². The van der Waals surface area contributed by atoms with Crippen LogP contribution in [0.4, 0.5) is 14.5 Å². The molecule has 0 unspecified atom stereocenters. The smallest absolute Gasteiger partial charge is 0.279 e. The molecule has 1 heterocycles. The molecule has 0 saturated heterocycles. The lowest BCUT2D eigenvalue weighted by Gasteiger charge is -2.08. The molecule has 9 heteroatoms. The molecule has 0 bridgehead atoms. The summed E-state index contributed by atoms with van der Waals surface area (Å²) in [4.78, 5) is 3.36. The summed E-state index contributed by atoms with van der Waals surface area (Å²) in [5, 5.41) is -0.925. The number of aromatic nitrogens is 1. The minimum Gasteiger partial charge on any atom is -0.398 e. The van der Waals surface area contributed by atoms with Gasteiger partial charge in [-0.25, -0.2) is 22.2 Å². The number of nitrogens with two attached hydrogens (primary N) is 1. The Labute approximate surface area is 97.0 Å². The highest BCUT2D eigenvalue weighted by Gasteiger charge is 2.26. The molecule has 0 spiro atoms. The van der Waals surface area contributed by atoms with Crippen LogP contribution in [0.5, 0.6) is 0 Å². The highest BCUT2D eigenvalue weighted by atomic mass is 79.9. The van der Waals surface area contributed by atoms with Crippen LogP contribution < -0.4 is 5.73 Å². The summed E-state index contributed by atoms with van der Waals surface area (Å²) in [6, 6.07) is 1.08. The van der Waals surface area contributed by atoms with E-state index in [0.29, 0.717) is 0 Å². The van der Waals surface area contributed by atoms with Gasteiger partial charge in [0.25, 0.3) is 15.5 Å². The third-order valence-corrected chi connectivity index (χ3v) is 3.09. The van der Waals surface area contributed by atoms with Gasteiger partial charge < -0.3 is 5.73 Å². The largest absolute Gasteiger partial charge is 0.398 e. The van der Waals surface area contributed by atoms with E-state index in [1.807, 2.05) is 0 Å². The van der Waals surface area contributed by atoms with Crippen LogP contribution >= 0.6 is 26.6 Å². The minimum absolute atomic E-state index is 0.0172. The van der Waals surface area contributed by atoms with E-state index < -0.39 is 26.1 Å². The molecule has 0 atom stereocenters. The van der Waals surface area contributed by atoms with E-state index in [1.165, 1.54) is 0 Å². The van der Waals surface area contributed by atoms with Crippen LogP contribution in [0, 0.1) is 0 Å². The predicted octanol–water partition coefficient (Wildman–Crippen LogP) is 2.29. The van der Waals surface area contributed by atoms with Crippen LogP contribution in [0.25, 0.3) is 0 Å². The molecular formula is C6H4BrClF2N2O2S. The van der Waals surface area contributed by atoms with Crippen LogP contribution in [-0.4, -0.2) is 13.4 Å². The Balaban J connectivity index is 3.62. The van der Waals surface area contributed by atoms with E-state index in [0.717, 1.165) is 6.07 Å². The summed E-state index contributed by atoms with van der Waals surface area (Å²) >= 11 is 2.83. The van der Waals surface area contributed by atoms with Gasteiger partial charge in [-0.2, -0.15) is 0 Å². The van der Waals surface area contributed by atoms with Gasteiger partial charge in [-0.1, -0.05) is 0 Å². The number of anilines is 1. The van der Waals surface area contributed by atoms with Gasteiger partial charge in [0, 0.05) is 16.4 Å². The van der Waals surface area contributed by atoms with Crippen LogP contribution in [0.1, 0.15) is 12.0 Å². The minimum atomic E-state index is -4.35. The number of alkyl halides is 2. The number of nitrogens with zero attached hydrogens (tertiary/aromatic N) is 1. The van der Waals surface area contributed by atoms with Gasteiger partial charge >= 0.3 is 0 Å². The first kappa shape index (κ1) is 12.6. The first-order chi connectivity index (χ1) is 6.73. The van der Waals surface area contributed by atoms with E-state index in [4.69, 9.17) is 16.4 Å². The Kier molecular flexibility index (Phi) is 3.51. The van der Waals surface area contributed by atoms with Crippen molar-refractivity contribution in [2.75, 3.05) is 5.73 Å². The second-order valence-electron chi connectivity index (χ2n) is 2.49. The van der Waals surface area contributed by atoms with Gasteiger partial charge in [-0.15, -0.1) is 0 Å². The highest BCUT2D eigenvalue weighted by molar-refractivity contribution is 9.10. The molecular weight excluding hydrogens is 317 g/mol. The molecule has 0 aliphatic carbocycles. The number of hydrogen-bond donors (Lipinski definition) is 1. The van der Waals surface area contributed by atoms with E-state index in [9.17, 15) is 17.2 Å². The van der Waals surface area contributed by atoms with Crippen molar-refractivity contribution in [1.29, 1.82) is 0 Å². The topological polar surface area (TPSA) is 73.0 Å². The molecule has 0 aliphatic rings. The standard InChI is InChI=1S/C6H4BrClF2N2O2S/c7-3-1-2(11)4(5(9)10)6(12-3)15(8,13)14/h1,5H,(H2,11,12). The molecule has 84 valence electrons. The van der Waals surface area contributed by atoms with Crippen LogP contribution in [0.2, 0.25) is 0 Å². The lowest BCUT2D eigenvalue weighted by atomic mass is 10.2. The fourth-order valence-electron chi connectivity index (χ4n) is 0.924. The molecule has 4 nitrogen and oxygen atoms in total. The van der Waals surface area contributed by atoms with Gasteiger partial charge in [-0.3, -0.25) is 0 Å². The maximum Gasteiger partial charge on any atom is 0.279 e. The van der Waals surface area contributed by atoms with Gasteiger partial charge in [0.1, 0.15) is 4.60 Å². The first-order valence-electron chi connectivity index (χ1n) is 3.42. The normalized spacial score (nSPS) is 12.1. The quantitative estimate of drug-likeness (QED) is 0.670. The Bertz CT molecular complexity index is 494. The average Bonchev–Trinajstić information content (AvgIpc) is 1.99. The van der Waals surface area contributed by atoms with E-state index in [2.05, 4.69) is 20.9 Å². The maximum atomic E-state index is 12.5. The molecule has 2 N–H and O–H groups in total. The second-order valence-corrected chi connectivity index (χ2v) is 5.79. The molecule has 1 aromatic heterocycles. The molecule has 0 fully saturated rings. The van der Waals surface area contributed by atoms with Crippen molar-refractivity contribution in [2.45, 2.75) is 11.5 Å². The highest BCUT2D eigenvalue weighted by Crippen LogP contribution is 2.33. The first-order valence-corrected chi connectivity index (χ1v) is 6.52. The van der Waals surface area contributed by atoms with Gasteiger partial charge in [0.15, 0.2) is 5.03 Å². The maximum absolute atomic E-state index is 12.5. The number of halogens is 4. The fraction of sp³-hybridized carbons (Fsp3) is 0.167. The van der Waals surface area contributed by atoms with Crippen LogP contribution in [0.3, 0.4) is 0 Å². The van der Waals surface area contributed by atoms with E-state index in [-0.39, 0.29) is 10.3 Å². The van der Waals surface area contributed by atoms with Crippen molar-refractivity contribution in [2.24, 2.45) is 0 Å².